The lowest BCUT2D eigenvalue weighted by molar-refractivity contribution is -0.202. The Bertz CT molecular complexity index is 403. The number of hydrogen-bond acceptors (Lipinski definition) is 5. The zero-order chi connectivity index (χ0) is 11.3. The van der Waals surface area contributed by atoms with Crippen LogP contribution in [-0.2, 0) is 14.3 Å². The van der Waals surface area contributed by atoms with Crippen LogP contribution in [0.25, 0.3) is 0 Å². The summed E-state index contributed by atoms with van der Waals surface area (Å²) in [5.74, 6) is -1.30. The molecule has 3 heterocycles. The first-order valence-electron chi connectivity index (χ1n) is 4.42. The van der Waals surface area contributed by atoms with E-state index in [2.05, 4.69) is 4.99 Å². The molecular formula is C9H9ClN2O3. The molecular weight excluding hydrogens is 220 g/mol. The molecule has 3 aliphatic rings. The first-order chi connectivity index (χ1) is 6.98. The molecule has 0 radical (unpaired) electrons. The molecule has 2 bridgehead atoms. The first-order valence-corrected chi connectivity index (χ1v) is 4.80. The third-order valence-electron chi connectivity index (χ3n) is 2.84. The van der Waals surface area contributed by atoms with Crippen LogP contribution < -0.4 is 0 Å². The van der Waals surface area contributed by atoms with E-state index < -0.39 is 23.2 Å². The molecule has 0 amide bonds. The van der Waals surface area contributed by atoms with Crippen molar-refractivity contribution in [3.8, 4) is 6.07 Å². The lowest BCUT2D eigenvalue weighted by Gasteiger charge is -2.47. The van der Waals surface area contributed by atoms with Gasteiger partial charge in [0.2, 0.25) is 0 Å². The van der Waals surface area contributed by atoms with Gasteiger partial charge in [0.1, 0.15) is 11.1 Å². The van der Waals surface area contributed by atoms with Crippen LogP contribution in [0, 0.1) is 17.2 Å². The highest BCUT2D eigenvalue weighted by Crippen LogP contribution is 2.45. The molecule has 0 aromatic heterocycles. The second-order valence-corrected chi connectivity index (χ2v) is 4.17. The number of methoxy groups -OCH3 is 1. The number of esters is 1. The topological polar surface area (TPSA) is 71.7 Å². The molecule has 1 saturated heterocycles. The Morgan fingerprint density at radius 3 is 3.00 bits per heavy atom. The van der Waals surface area contributed by atoms with Gasteiger partial charge in [-0.2, -0.15) is 5.26 Å². The summed E-state index contributed by atoms with van der Waals surface area (Å²) in [6.45, 7) is 1.64. The summed E-state index contributed by atoms with van der Waals surface area (Å²) in [7, 11) is 1.31. The molecule has 0 aromatic rings. The van der Waals surface area contributed by atoms with Gasteiger partial charge in [0.25, 0.3) is 5.72 Å². The number of carbonyl (C=O) groups excluding carboxylic acids is 1. The number of halogens is 1. The fraction of sp³-hybridized carbons (Fsp3) is 0.667. The quantitative estimate of drug-likeness (QED) is 0.623. The van der Waals surface area contributed by atoms with E-state index in [0.717, 1.165) is 0 Å². The number of aliphatic imine (C=N–C) groups is 1. The van der Waals surface area contributed by atoms with E-state index in [1.807, 2.05) is 6.07 Å². The van der Waals surface area contributed by atoms with Crippen molar-refractivity contribution in [2.45, 2.75) is 24.7 Å². The largest absolute Gasteiger partial charge is 0.448 e. The van der Waals surface area contributed by atoms with E-state index in [4.69, 9.17) is 26.3 Å². The number of hydrogen-bond donors (Lipinski definition) is 0. The van der Waals surface area contributed by atoms with Crippen LogP contribution >= 0.6 is 11.6 Å². The zero-order valence-corrected chi connectivity index (χ0v) is 9.04. The molecule has 3 atom stereocenters. The minimum atomic E-state index is -1.57. The summed E-state index contributed by atoms with van der Waals surface area (Å²) < 4.78 is 10.2. The normalized spacial score (nSPS) is 43.2. The van der Waals surface area contributed by atoms with Gasteiger partial charge in [-0.1, -0.05) is 11.6 Å². The highest BCUT2D eigenvalue weighted by Gasteiger charge is 2.63. The van der Waals surface area contributed by atoms with E-state index in [9.17, 15) is 4.79 Å². The minimum absolute atomic E-state index is 0.176. The maximum absolute atomic E-state index is 11.7. The average molecular weight is 229 g/mol. The monoisotopic (exact) mass is 228 g/mol. The van der Waals surface area contributed by atoms with Gasteiger partial charge in [-0.25, -0.2) is 9.79 Å². The molecule has 15 heavy (non-hydrogen) atoms. The maximum Gasteiger partial charge on any atom is 0.364 e. The minimum Gasteiger partial charge on any atom is -0.448 e. The van der Waals surface area contributed by atoms with Gasteiger partial charge in [0.05, 0.1) is 6.07 Å². The van der Waals surface area contributed by atoms with E-state index in [0.29, 0.717) is 6.42 Å². The Hall–Kier alpha value is -1.12. The van der Waals surface area contributed by atoms with Gasteiger partial charge >= 0.3 is 5.97 Å². The summed E-state index contributed by atoms with van der Waals surface area (Å²) in [6.07, 6.45) is 0.311. The summed E-state index contributed by atoms with van der Waals surface area (Å²) >= 11 is 5.89. The first kappa shape index (κ1) is 10.4. The predicted octanol–water partition coefficient (Wildman–Crippen LogP) is 0.825. The summed E-state index contributed by atoms with van der Waals surface area (Å²) in [5, 5.41) is 9.15. The highest BCUT2D eigenvalue weighted by atomic mass is 35.5. The summed E-state index contributed by atoms with van der Waals surface area (Å²) in [5.41, 5.74) is -2.54. The van der Waals surface area contributed by atoms with Crippen LogP contribution in [0.2, 0.25) is 0 Å². The van der Waals surface area contributed by atoms with Gasteiger partial charge < -0.3 is 9.47 Å². The molecule has 0 aliphatic carbocycles. The molecule has 0 aromatic carbocycles. The highest BCUT2D eigenvalue weighted by molar-refractivity contribution is 6.67. The second-order valence-electron chi connectivity index (χ2n) is 3.81. The lowest BCUT2D eigenvalue weighted by Crippen LogP contribution is -2.63. The van der Waals surface area contributed by atoms with Crippen LogP contribution in [0.1, 0.15) is 13.3 Å². The van der Waals surface area contributed by atoms with Crippen molar-refractivity contribution in [3.63, 3.8) is 0 Å². The number of fused-ring (bicyclic) bond motifs is 2. The molecule has 5 nitrogen and oxygen atoms in total. The van der Waals surface area contributed by atoms with Crippen molar-refractivity contribution in [1.82, 2.24) is 0 Å². The van der Waals surface area contributed by atoms with Gasteiger partial charge in [0, 0.05) is 13.5 Å². The standard InChI is InChI=1S/C9H9ClN2O3/c1-8-3-5(4-11)9(14-2,7(13)15-8)12-6(8)10/h5H,3H2,1-2H3/t5-,8+,9-/m1/s1. The smallest absolute Gasteiger partial charge is 0.364 e. The number of rotatable bonds is 1. The van der Waals surface area contributed by atoms with E-state index in [1.54, 1.807) is 6.92 Å². The number of carbonyl (C=O) groups is 1. The van der Waals surface area contributed by atoms with Crippen LogP contribution in [0.15, 0.2) is 4.99 Å². The fourth-order valence-corrected chi connectivity index (χ4v) is 2.15. The Kier molecular flexibility index (Phi) is 2.04. The SMILES string of the molecule is CO[C@]12N=C(Cl)[C@](C)(C[C@@H]1C#N)OC2=O. The molecule has 3 aliphatic heterocycles. The van der Waals surface area contributed by atoms with Gasteiger partial charge in [-0.05, 0) is 6.92 Å². The molecule has 0 N–H and O–H groups in total. The van der Waals surface area contributed by atoms with Crippen molar-refractivity contribution < 1.29 is 14.3 Å². The zero-order valence-electron chi connectivity index (χ0n) is 8.28. The van der Waals surface area contributed by atoms with Crippen LogP contribution in [0.5, 0.6) is 0 Å². The van der Waals surface area contributed by atoms with Crippen LogP contribution in [0.3, 0.4) is 0 Å². The molecule has 0 spiro atoms. The van der Waals surface area contributed by atoms with Crippen molar-refractivity contribution in [1.29, 1.82) is 5.26 Å². The van der Waals surface area contributed by atoms with Crippen molar-refractivity contribution in [2.75, 3.05) is 7.11 Å². The third kappa shape index (κ3) is 1.12. The van der Waals surface area contributed by atoms with E-state index in [-0.39, 0.29) is 5.17 Å². The van der Waals surface area contributed by atoms with Crippen molar-refractivity contribution >= 4 is 22.7 Å². The molecule has 0 saturated carbocycles. The van der Waals surface area contributed by atoms with E-state index in [1.165, 1.54) is 7.11 Å². The molecule has 0 unspecified atom stereocenters. The lowest BCUT2D eigenvalue weighted by atomic mass is 9.79. The number of nitrogens with zero attached hydrogens (tertiary/aromatic N) is 2. The summed E-state index contributed by atoms with van der Waals surface area (Å²) in [4.78, 5) is 15.6. The molecule has 6 heteroatoms. The fourth-order valence-electron chi connectivity index (χ4n) is 1.91. The molecule has 80 valence electrons. The number of nitriles is 1. The van der Waals surface area contributed by atoms with E-state index >= 15 is 0 Å². The van der Waals surface area contributed by atoms with Crippen molar-refractivity contribution in [3.05, 3.63) is 0 Å². The third-order valence-corrected chi connectivity index (χ3v) is 3.33. The Morgan fingerprint density at radius 2 is 2.47 bits per heavy atom. The second kappa shape index (κ2) is 2.94. The summed E-state index contributed by atoms with van der Waals surface area (Å²) in [6, 6.07) is 2.01. The number of ether oxygens (including phenoxy) is 2. The Balaban J connectivity index is 2.59. The van der Waals surface area contributed by atoms with Crippen LogP contribution in [0.4, 0.5) is 0 Å². The van der Waals surface area contributed by atoms with Gasteiger partial charge in [0.15, 0.2) is 5.60 Å². The van der Waals surface area contributed by atoms with Crippen LogP contribution in [-0.4, -0.2) is 29.6 Å². The average Bonchev–Trinajstić information content (AvgIpc) is 2.20. The van der Waals surface area contributed by atoms with Gasteiger partial charge in [-0.3, -0.25) is 0 Å². The van der Waals surface area contributed by atoms with Gasteiger partial charge in [-0.15, -0.1) is 0 Å². The maximum atomic E-state index is 11.7. The molecule has 1 fully saturated rings. The Morgan fingerprint density at radius 1 is 1.80 bits per heavy atom. The Labute approximate surface area is 91.6 Å². The predicted molar refractivity (Wildman–Crippen MR) is 51.2 cm³/mol. The van der Waals surface area contributed by atoms with Crippen molar-refractivity contribution in [2.24, 2.45) is 10.9 Å². The molecule has 3 rings (SSSR count).